The van der Waals surface area contributed by atoms with Crippen LogP contribution in [0.15, 0.2) is 104 Å². The van der Waals surface area contributed by atoms with E-state index in [1.165, 1.54) is 109 Å². The van der Waals surface area contributed by atoms with Gasteiger partial charge in [0.1, 0.15) is 24.4 Å². The number of aromatic amines is 2. The molecule has 3 aromatic carbocycles. The van der Waals surface area contributed by atoms with Gasteiger partial charge >= 0.3 is 0 Å². The number of benzene rings is 3. The highest BCUT2D eigenvalue weighted by molar-refractivity contribution is 8.76. The molecule has 6 rings (SSSR count). The summed E-state index contributed by atoms with van der Waals surface area (Å²) in [6.07, 6.45) is 24.1. The maximum absolute atomic E-state index is 15.8. The summed E-state index contributed by atoms with van der Waals surface area (Å²) < 4.78 is 4.70. The number of Topliss-reactive ketones (excluding diaryl/α,β-unsaturated/α-hetero) is 4. The number of hydrogen-bond donors (Lipinski definition) is 15. The van der Waals surface area contributed by atoms with Crippen LogP contribution in [0.2, 0.25) is 0 Å². The first kappa shape index (κ1) is 105. The molecular formula is C93H139N17O15S2. The summed E-state index contributed by atoms with van der Waals surface area (Å²) in [4.78, 5) is 196. The molecule has 0 radical (unpaired) electrons. The summed E-state index contributed by atoms with van der Waals surface area (Å²) in [6, 6.07) is 20.5. The zero-order valence-electron chi connectivity index (χ0n) is 74.4. The number of fused-ring (bicyclic) bond motifs is 1. The van der Waals surface area contributed by atoms with Crippen molar-refractivity contribution in [3.63, 3.8) is 0 Å². The van der Waals surface area contributed by atoms with Crippen molar-refractivity contribution < 1.29 is 72.2 Å². The highest BCUT2D eigenvalue weighted by atomic mass is 33.1. The highest BCUT2D eigenvalue weighted by Gasteiger charge is 2.42. The van der Waals surface area contributed by atoms with Gasteiger partial charge in [0.15, 0.2) is 29.3 Å². The molecule has 1 saturated heterocycles. The number of carbonyl (C=O) groups is 13. The van der Waals surface area contributed by atoms with Crippen LogP contribution in [0.4, 0.5) is 0 Å². The fraction of sp³-hybridized carbons (Fsp3) is 0.591. The molecule has 1 aliphatic heterocycles. The summed E-state index contributed by atoms with van der Waals surface area (Å²) in [6.45, 7) is 3.87. The predicted molar refractivity (Wildman–Crippen MR) is 494 cm³/mol. The molecule has 34 heteroatoms. The fourth-order valence-corrected chi connectivity index (χ4v) is 17.6. The number of ether oxygens (including phenoxy) is 1. The Bertz CT molecular complexity index is 4200. The van der Waals surface area contributed by atoms with Crippen molar-refractivity contribution in [3.8, 4) is 0 Å². The monoisotopic (exact) mass is 1800 g/mol. The first-order valence-electron chi connectivity index (χ1n) is 45.4. The number of nitrogens with one attached hydrogen (secondary N) is 11. The summed E-state index contributed by atoms with van der Waals surface area (Å²) in [5, 5.41) is 47.4. The van der Waals surface area contributed by atoms with Crippen LogP contribution in [-0.4, -0.2) is 213 Å². The van der Waals surface area contributed by atoms with Crippen LogP contribution in [-0.2, 0) is 79.9 Å². The average Bonchev–Trinajstić information content (AvgIpc) is 1.42. The van der Waals surface area contributed by atoms with Crippen molar-refractivity contribution >= 4 is 121 Å². The lowest BCUT2D eigenvalue weighted by molar-refractivity contribution is -0.141. The lowest BCUT2D eigenvalue weighted by Gasteiger charge is -2.38. The average molecular weight is 1800 g/mol. The van der Waals surface area contributed by atoms with E-state index in [2.05, 4.69) is 59.1 Å². The molecule has 9 unspecified atom stereocenters. The maximum Gasteiger partial charge on any atom is 0.293 e. The number of rotatable bonds is 68. The van der Waals surface area contributed by atoms with Crippen molar-refractivity contribution in [2.75, 3.05) is 64.4 Å². The number of nitrogens with two attached hydrogens (primary N) is 3. The van der Waals surface area contributed by atoms with Gasteiger partial charge in [0.2, 0.25) is 47.3 Å². The third kappa shape index (κ3) is 40.2. The van der Waals surface area contributed by atoms with Gasteiger partial charge in [0, 0.05) is 137 Å². The van der Waals surface area contributed by atoms with Crippen molar-refractivity contribution in [2.45, 2.75) is 262 Å². The SMILES string of the molecule is CCCCCCCCCCCCCCCCNC(=O)CN(CC(N)=O)C(=O)CCCCCCC(=O)C(Cc1c[nH]c2ccccc12)NC(=O)C(CCCNC(=N)N)CC(=O)C(CSSC)NC(=O)C(CCCNC(=N)N)CC(=O)C1CCCN(C(=O)C(NC(=O)C(CC(=O)C(NC(=O)CCCOC=O)C(C)O)Cc2c[nH]cn2)C(c2ccccc2)c2ccccc2)C1. The van der Waals surface area contributed by atoms with E-state index in [1.54, 1.807) is 42.9 Å². The molecule has 127 heavy (non-hydrogen) atoms. The van der Waals surface area contributed by atoms with Gasteiger partial charge < -0.3 is 84.0 Å². The van der Waals surface area contributed by atoms with Crippen molar-refractivity contribution in [3.05, 3.63) is 126 Å². The van der Waals surface area contributed by atoms with Gasteiger partial charge in [-0.1, -0.05) is 204 Å². The van der Waals surface area contributed by atoms with Gasteiger partial charge in [-0.2, -0.15) is 0 Å². The number of para-hydroxylation sites is 1. The minimum atomic E-state index is -1.45. The molecule has 0 saturated carbocycles. The van der Waals surface area contributed by atoms with E-state index >= 15 is 28.8 Å². The number of nitrogens with zero attached hydrogens (tertiary/aromatic N) is 3. The minimum absolute atomic E-state index is 0.0399. The first-order valence-corrected chi connectivity index (χ1v) is 48.1. The van der Waals surface area contributed by atoms with E-state index in [0.29, 0.717) is 61.9 Å². The highest BCUT2D eigenvalue weighted by Crippen LogP contribution is 2.33. The molecule has 18 N–H and O–H groups in total. The van der Waals surface area contributed by atoms with Crippen LogP contribution in [0.3, 0.4) is 0 Å². The Labute approximate surface area is 755 Å². The lowest BCUT2D eigenvalue weighted by Crippen LogP contribution is -2.56. The quantitative estimate of drug-likeness (QED) is 0.00567. The number of aliphatic hydroxyl groups excluding tert-OH is 1. The van der Waals surface area contributed by atoms with Gasteiger partial charge in [0.25, 0.3) is 6.47 Å². The smallest absolute Gasteiger partial charge is 0.293 e. The molecule has 698 valence electrons. The molecule has 9 atom stereocenters. The Morgan fingerprint density at radius 1 is 0.598 bits per heavy atom. The Balaban J connectivity index is 1.15. The number of imidazole rings is 1. The molecule has 1 aliphatic rings. The van der Waals surface area contributed by atoms with Gasteiger partial charge in [-0.3, -0.25) is 73.1 Å². The Morgan fingerprint density at radius 2 is 1.16 bits per heavy atom. The van der Waals surface area contributed by atoms with Crippen LogP contribution >= 0.6 is 21.6 Å². The van der Waals surface area contributed by atoms with E-state index in [0.717, 1.165) is 42.1 Å². The normalized spacial score (nSPS) is 14.5. The number of aromatic nitrogens is 3. The molecule has 2 aromatic heterocycles. The largest absolute Gasteiger partial charge is 0.468 e. The summed E-state index contributed by atoms with van der Waals surface area (Å²) >= 11 is 0. The number of guanidine groups is 2. The van der Waals surface area contributed by atoms with Crippen LogP contribution in [0.5, 0.6) is 0 Å². The number of amides is 8. The zero-order valence-corrected chi connectivity index (χ0v) is 76.1. The van der Waals surface area contributed by atoms with Crippen molar-refractivity contribution in [1.29, 1.82) is 10.8 Å². The standard InChI is InChI=1S/C93H139N17O15S2/c1-4-5-6-7-8-9-10-11-12-13-14-15-18-29-46-100-83(119)60-110(59-81(94)117)84(120)45-26-17-16-25-43-77(113)75(52-71-56-103-74-42-28-27-41-73(71)74)105-88(121)68(39-31-48-102-93(97)98)54-79(115)76(61-127-126-3)106-89(122)67(38-30-47-101-92(95)96)53-78(114)69-40-32-49-109(58-69)91(124)87(85(65-34-21-19-22-35-65)66-36-23-20-24-37-66)108-90(123)70(51-72-57-99-62-104-72)55-80(116)86(64(2)112)107-82(118)44-33-50-125-63-111/h19-24,27-28,34-37,41-42,56-57,62-64,67-70,75-76,85-87,103,112H,4-18,25-26,29-33,38-40,43-55,58-61H2,1-3H3,(H2,94,117)(H,99,104)(H,100,119)(H,105,121)(H,106,122)(H,107,118)(H,108,123)(H4,95,96,101)(H4,97,98,102). The van der Waals surface area contributed by atoms with E-state index in [-0.39, 0.29) is 152 Å². The van der Waals surface area contributed by atoms with Gasteiger partial charge in [-0.15, -0.1) is 0 Å². The van der Waals surface area contributed by atoms with Crippen LogP contribution in [0, 0.1) is 34.5 Å². The molecule has 3 heterocycles. The number of likely N-dealkylation sites (tertiary alicyclic amines) is 1. The third-order valence-corrected chi connectivity index (χ3v) is 25.0. The zero-order chi connectivity index (χ0) is 92.1. The molecule has 1 fully saturated rings. The van der Waals surface area contributed by atoms with Gasteiger partial charge in [-0.25, -0.2) is 4.98 Å². The van der Waals surface area contributed by atoms with E-state index in [1.807, 2.05) is 60.7 Å². The van der Waals surface area contributed by atoms with Crippen molar-refractivity contribution in [1.82, 2.24) is 62.0 Å². The minimum Gasteiger partial charge on any atom is -0.468 e. The lowest BCUT2D eigenvalue weighted by atomic mass is 9.82. The molecule has 5 aromatic rings. The summed E-state index contributed by atoms with van der Waals surface area (Å²) in [7, 11) is 2.63. The molecule has 0 spiro atoms. The number of piperidine rings is 1. The fourth-order valence-electron chi connectivity index (χ4n) is 16.2. The number of unbranched alkanes of at least 4 members (excludes halogenated alkanes) is 16. The third-order valence-electron chi connectivity index (χ3n) is 23.1. The topological polar surface area (TPSA) is 512 Å². The first-order chi connectivity index (χ1) is 61.3. The summed E-state index contributed by atoms with van der Waals surface area (Å²) in [5.41, 5.74) is 20.2. The maximum atomic E-state index is 15.8. The second kappa shape index (κ2) is 60.3. The van der Waals surface area contributed by atoms with Crippen LogP contribution in [0.1, 0.15) is 241 Å². The van der Waals surface area contributed by atoms with Crippen LogP contribution < -0.4 is 54.4 Å². The Hall–Kier alpha value is -10.5. The molecular weight excluding hydrogens is 1660 g/mol. The number of H-pyrrole nitrogens is 2. The predicted octanol–water partition coefficient (Wildman–Crippen LogP) is 9.11. The molecule has 0 aliphatic carbocycles. The van der Waals surface area contributed by atoms with E-state index in [9.17, 15) is 38.7 Å². The van der Waals surface area contributed by atoms with E-state index in [4.69, 9.17) is 32.8 Å². The number of primary amides is 1. The number of aliphatic hydroxyl groups is 1. The number of hydrogen-bond acceptors (Lipinski definition) is 20. The van der Waals surface area contributed by atoms with Gasteiger partial charge in [0.05, 0.1) is 49.3 Å². The number of ketones is 4. The second-order valence-corrected chi connectivity index (χ2v) is 35.9. The van der Waals surface area contributed by atoms with Crippen molar-refractivity contribution in [2.24, 2.45) is 40.9 Å². The number of carbonyl (C=O) groups excluding carboxylic acids is 13. The molecule has 0 bridgehead atoms. The molecule has 8 amide bonds. The summed E-state index contributed by atoms with van der Waals surface area (Å²) in [5.74, 6) is -12.1. The Morgan fingerprint density at radius 3 is 1.74 bits per heavy atom. The second-order valence-electron chi connectivity index (χ2n) is 33.3. The van der Waals surface area contributed by atoms with E-state index < -0.39 is 132 Å². The Kier molecular flexibility index (Phi) is 50.0. The van der Waals surface area contributed by atoms with Crippen LogP contribution in [0.25, 0.3) is 10.9 Å². The van der Waals surface area contributed by atoms with Gasteiger partial charge in [-0.05, 0) is 100 Å². The molecule has 32 nitrogen and oxygen atoms in total.